The van der Waals surface area contributed by atoms with Crippen molar-refractivity contribution in [2.45, 2.75) is 107 Å². The first-order valence-corrected chi connectivity index (χ1v) is 19.2. The number of aromatic amines is 1. The molecule has 4 fully saturated rings. The third-order valence-electron chi connectivity index (χ3n) is 11.1. The molecule has 2 amide bonds. The molecule has 1 aromatic heterocycles. The summed E-state index contributed by atoms with van der Waals surface area (Å²) >= 11 is 0. The first-order valence-electron chi connectivity index (χ1n) is 17.7. The molecular formula is C35H52N6O5S. The summed E-state index contributed by atoms with van der Waals surface area (Å²) in [6, 6.07) is 6.62. The van der Waals surface area contributed by atoms with Crippen LogP contribution in [0.2, 0.25) is 0 Å². The number of carbonyl (C=O) groups is 2. The van der Waals surface area contributed by atoms with Crippen molar-refractivity contribution >= 4 is 21.8 Å². The summed E-state index contributed by atoms with van der Waals surface area (Å²) in [5.41, 5.74) is 3.02. The molecule has 1 unspecified atom stereocenters. The highest BCUT2D eigenvalue weighted by molar-refractivity contribution is 7.89. The second-order valence-electron chi connectivity index (χ2n) is 14.0. The zero-order valence-electron chi connectivity index (χ0n) is 28.3. The van der Waals surface area contributed by atoms with Crippen molar-refractivity contribution in [3.8, 4) is 0 Å². The first-order chi connectivity index (χ1) is 22.7. The van der Waals surface area contributed by atoms with Crippen LogP contribution in [0.5, 0.6) is 0 Å². The summed E-state index contributed by atoms with van der Waals surface area (Å²) in [7, 11) is -3.62. The van der Waals surface area contributed by atoms with E-state index in [1.54, 1.807) is 12.1 Å². The summed E-state index contributed by atoms with van der Waals surface area (Å²) in [4.78, 5) is 32.8. The quantitative estimate of drug-likeness (QED) is 0.391. The Bertz CT molecular complexity index is 1490. The molecule has 3 aliphatic heterocycles. The number of hydrogen-bond donors (Lipinski definition) is 2. The van der Waals surface area contributed by atoms with Crippen LogP contribution in [-0.4, -0.2) is 102 Å². The summed E-state index contributed by atoms with van der Waals surface area (Å²) in [5, 5.41) is 10.9. The predicted octanol–water partition coefficient (Wildman–Crippen LogP) is 4.07. The van der Waals surface area contributed by atoms with Crippen LogP contribution in [0, 0.1) is 19.8 Å². The molecular weight excluding hydrogens is 616 g/mol. The molecule has 1 aromatic carbocycles. The van der Waals surface area contributed by atoms with Gasteiger partial charge in [-0.15, -0.1) is 0 Å². The van der Waals surface area contributed by atoms with Crippen LogP contribution in [0.25, 0.3) is 0 Å². The Morgan fingerprint density at radius 3 is 2.30 bits per heavy atom. The van der Waals surface area contributed by atoms with E-state index in [1.807, 2.05) is 30.9 Å². The second kappa shape index (κ2) is 14.4. The van der Waals surface area contributed by atoms with E-state index >= 15 is 0 Å². The van der Waals surface area contributed by atoms with Crippen molar-refractivity contribution in [3.05, 3.63) is 46.8 Å². The average Bonchev–Trinajstić information content (AvgIpc) is 3.42. The molecule has 4 heterocycles. The van der Waals surface area contributed by atoms with Crippen molar-refractivity contribution < 1.29 is 22.7 Å². The normalized spacial score (nSPS) is 24.1. The van der Waals surface area contributed by atoms with E-state index in [9.17, 15) is 18.0 Å². The molecule has 11 nitrogen and oxygen atoms in total. The van der Waals surface area contributed by atoms with Gasteiger partial charge in [0.05, 0.1) is 29.8 Å². The molecule has 47 heavy (non-hydrogen) atoms. The van der Waals surface area contributed by atoms with Gasteiger partial charge in [0, 0.05) is 44.0 Å². The van der Waals surface area contributed by atoms with Gasteiger partial charge in [0.2, 0.25) is 21.8 Å². The number of benzene rings is 1. The van der Waals surface area contributed by atoms with Crippen LogP contribution in [0.15, 0.2) is 29.2 Å². The van der Waals surface area contributed by atoms with Crippen LogP contribution < -0.4 is 5.32 Å². The van der Waals surface area contributed by atoms with Crippen LogP contribution >= 0.6 is 0 Å². The highest BCUT2D eigenvalue weighted by Gasteiger charge is 2.54. The van der Waals surface area contributed by atoms with Gasteiger partial charge in [-0.2, -0.15) is 9.40 Å². The highest BCUT2D eigenvalue weighted by Crippen LogP contribution is 2.41. The summed E-state index contributed by atoms with van der Waals surface area (Å²) in [5.74, 6) is 0.588. The smallest absolute Gasteiger partial charge is 0.246 e. The molecule has 0 bridgehead atoms. The number of amides is 2. The van der Waals surface area contributed by atoms with Crippen molar-refractivity contribution in [2.75, 3.05) is 45.9 Å². The fourth-order valence-corrected chi connectivity index (χ4v) is 9.77. The third kappa shape index (κ3) is 6.75. The van der Waals surface area contributed by atoms with E-state index in [0.29, 0.717) is 64.7 Å². The number of morpholine rings is 1. The fourth-order valence-electron chi connectivity index (χ4n) is 8.36. The standard InChI is InChI=1S/C35H52N6O5S/c1-4-5-17-41-33(42)30(24-27-9-7-6-8-10-27)36-34(43)35(41)15-18-39(19-16-35)32(31-25(2)37-38-26(31)3)28-11-13-29(14-12-28)47(44,45)40-20-22-46-23-21-40/h11-14,27,30,32H,4-10,15-24H2,1-3H3,(H,36,43)(H,37,38)/t30-,32?/m0/s1. The Labute approximate surface area is 279 Å². The molecule has 4 aliphatic rings. The SMILES string of the molecule is CCCCN1C(=O)[C@H](CC2CCCCC2)NC(=O)C12CCN(C(c1ccc(S(=O)(=O)N3CCOCC3)cc1)c1c(C)n[nH]c1C)CC2. The number of H-pyrrole nitrogens is 1. The molecule has 0 radical (unpaired) electrons. The van der Waals surface area contributed by atoms with Crippen LogP contribution in [-0.2, 0) is 24.3 Å². The van der Waals surface area contributed by atoms with Crippen molar-refractivity contribution in [2.24, 2.45) is 5.92 Å². The molecule has 2 aromatic rings. The van der Waals surface area contributed by atoms with Gasteiger partial charge in [0.1, 0.15) is 11.6 Å². The number of aryl methyl sites for hydroxylation is 2. The number of carbonyl (C=O) groups excluding carboxylic acids is 2. The van der Waals surface area contributed by atoms with E-state index in [1.165, 1.54) is 23.6 Å². The lowest BCUT2D eigenvalue weighted by Crippen LogP contribution is -2.73. The summed E-state index contributed by atoms with van der Waals surface area (Å²) in [6.45, 7) is 9.44. The molecule has 12 heteroatoms. The zero-order valence-corrected chi connectivity index (χ0v) is 29.1. The van der Waals surface area contributed by atoms with E-state index in [4.69, 9.17) is 4.74 Å². The van der Waals surface area contributed by atoms with E-state index in [0.717, 1.165) is 54.6 Å². The van der Waals surface area contributed by atoms with Gasteiger partial charge >= 0.3 is 0 Å². The van der Waals surface area contributed by atoms with Crippen LogP contribution in [0.1, 0.15) is 99.7 Å². The first kappa shape index (κ1) is 34.1. The molecule has 2 atom stereocenters. The number of nitrogens with one attached hydrogen (secondary N) is 2. The number of ether oxygens (including phenoxy) is 1. The van der Waals surface area contributed by atoms with Gasteiger partial charge < -0.3 is 15.0 Å². The molecule has 1 aliphatic carbocycles. The number of nitrogens with zero attached hydrogens (tertiary/aromatic N) is 4. The molecule has 6 rings (SSSR count). The Morgan fingerprint density at radius 1 is 1.00 bits per heavy atom. The van der Waals surface area contributed by atoms with Gasteiger partial charge in [-0.3, -0.25) is 19.6 Å². The molecule has 2 N–H and O–H groups in total. The minimum absolute atomic E-state index is 0.00134. The second-order valence-corrected chi connectivity index (χ2v) is 16.0. The van der Waals surface area contributed by atoms with E-state index in [2.05, 4.69) is 27.3 Å². The fraction of sp³-hybridized carbons (Fsp3) is 0.686. The Balaban J connectivity index is 1.24. The average molecular weight is 669 g/mol. The number of unbranched alkanes of at least 4 members (excludes halogenated alkanes) is 1. The third-order valence-corrected chi connectivity index (χ3v) is 13.0. The van der Waals surface area contributed by atoms with Crippen LogP contribution in [0.3, 0.4) is 0 Å². The number of sulfonamides is 1. The van der Waals surface area contributed by atoms with Crippen LogP contribution in [0.4, 0.5) is 0 Å². The Kier molecular flexibility index (Phi) is 10.4. The number of piperidine rings is 1. The number of likely N-dealkylation sites (tertiary alicyclic amines) is 1. The minimum Gasteiger partial charge on any atom is -0.379 e. The highest BCUT2D eigenvalue weighted by atomic mass is 32.2. The van der Waals surface area contributed by atoms with Crippen molar-refractivity contribution in [3.63, 3.8) is 0 Å². The zero-order chi connectivity index (χ0) is 33.2. The van der Waals surface area contributed by atoms with E-state index in [-0.39, 0.29) is 22.8 Å². The van der Waals surface area contributed by atoms with Gasteiger partial charge in [-0.25, -0.2) is 8.42 Å². The Morgan fingerprint density at radius 2 is 1.68 bits per heavy atom. The number of piperazine rings is 1. The lowest BCUT2D eigenvalue weighted by Gasteiger charge is -2.53. The number of aromatic nitrogens is 2. The van der Waals surface area contributed by atoms with E-state index < -0.39 is 21.6 Å². The monoisotopic (exact) mass is 668 g/mol. The predicted molar refractivity (Wildman–Crippen MR) is 179 cm³/mol. The van der Waals surface area contributed by atoms with Gasteiger partial charge in [0.25, 0.3) is 0 Å². The number of rotatable bonds is 10. The topological polar surface area (TPSA) is 128 Å². The maximum atomic E-state index is 14.1. The van der Waals surface area contributed by atoms with Gasteiger partial charge in [0.15, 0.2) is 0 Å². The largest absolute Gasteiger partial charge is 0.379 e. The Hall–Kier alpha value is -2.80. The molecule has 1 spiro atoms. The summed E-state index contributed by atoms with van der Waals surface area (Å²) in [6.07, 6.45) is 9.63. The number of hydrogen-bond acceptors (Lipinski definition) is 7. The van der Waals surface area contributed by atoms with Gasteiger partial charge in [-0.1, -0.05) is 57.6 Å². The lowest BCUT2D eigenvalue weighted by atomic mass is 9.78. The molecule has 3 saturated heterocycles. The maximum Gasteiger partial charge on any atom is 0.246 e. The molecule has 258 valence electrons. The van der Waals surface area contributed by atoms with Crippen molar-refractivity contribution in [1.29, 1.82) is 0 Å². The molecule has 1 saturated carbocycles. The minimum atomic E-state index is -3.62. The lowest BCUT2D eigenvalue weighted by molar-refractivity contribution is -0.162. The summed E-state index contributed by atoms with van der Waals surface area (Å²) < 4.78 is 33.5. The van der Waals surface area contributed by atoms with Gasteiger partial charge in [-0.05, 0) is 63.1 Å². The maximum absolute atomic E-state index is 14.1. The van der Waals surface area contributed by atoms with Crippen molar-refractivity contribution in [1.82, 2.24) is 29.6 Å².